The van der Waals surface area contributed by atoms with E-state index in [-0.39, 0.29) is 12.3 Å². The number of amides is 1. The van der Waals surface area contributed by atoms with Crippen molar-refractivity contribution in [1.29, 1.82) is 0 Å². The summed E-state index contributed by atoms with van der Waals surface area (Å²) in [7, 11) is 0. The van der Waals surface area contributed by atoms with Gasteiger partial charge in [-0.05, 0) is 25.5 Å². The number of carbonyl (C=O) groups is 1. The van der Waals surface area contributed by atoms with Crippen molar-refractivity contribution in [2.24, 2.45) is 0 Å². The van der Waals surface area contributed by atoms with E-state index >= 15 is 0 Å². The predicted octanol–water partition coefficient (Wildman–Crippen LogP) is 0.772. The zero-order valence-electron chi connectivity index (χ0n) is 13.4. The summed E-state index contributed by atoms with van der Waals surface area (Å²) in [4.78, 5) is 20.1. The van der Waals surface area contributed by atoms with Crippen molar-refractivity contribution in [3.8, 4) is 0 Å². The fourth-order valence-electron chi connectivity index (χ4n) is 2.81. The van der Waals surface area contributed by atoms with Gasteiger partial charge in [0.15, 0.2) is 6.39 Å². The molecular weight excluding hydrogens is 330 g/mol. The van der Waals surface area contributed by atoms with E-state index in [1.165, 1.54) is 22.3 Å². The van der Waals surface area contributed by atoms with Crippen molar-refractivity contribution in [3.05, 3.63) is 40.2 Å². The number of nitrogens with one attached hydrogen (secondary N) is 1. The highest BCUT2D eigenvalue weighted by atomic mass is 32.1. The summed E-state index contributed by atoms with van der Waals surface area (Å²) in [5.74, 6) is -0.372. The molecule has 2 aromatic heterocycles. The van der Waals surface area contributed by atoms with Crippen LogP contribution in [0.4, 0.5) is 0 Å². The molecule has 8 heteroatoms. The third-order valence-electron chi connectivity index (χ3n) is 4.30. The summed E-state index contributed by atoms with van der Waals surface area (Å²) in [6.07, 6.45) is 1.93. The maximum atomic E-state index is 11.9. The molecule has 1 amide bonds. The van der Waals surface area contributed by atoms with Gasteiger partial charge in [-0.3, -0.25) is 9.69 Å². The van der Waals surface area contributed by atoms with Gasteiger partial charge in [0.05, 0.1) is 12.3 Å². The molecule has 0 unspecified atom stereocenters. The second-order valence-electron chi connectivity index (χ2n) is 6.17. The number of aliphatic hydroxyl groups is 2. The largest absolute Gasteiger partial charge is 0.438 e. The van der Waals surface area contributed by atoms with Gasteiger partial charge in [0.25, 0.3) is 5.91 Å². The molecule has 2 aromatic rings. The first kappa shape index (κ1) is 17.1. The van der Waals surface area contributed by atoms with E-state index in [9.17, 15) is 15.0 Å². The summed E-state index contributed by atoms with van der Waals surface area (Å²) < 4.78 is 4.91. The Balaban J connectivity index is 1.53. The number of oxazole rings is 1. The molecule has 1 aliphatic rings. The number of β-amino-alcohol motifs (C(OH)–C–C–N with tert-alkyl or cyclic N) is 1. The predicted molar refractivity (Wildman–Crippen MR) is 88.7 cm³/mol. The Morgan fingerprint density at radius 3 is 3.04 bits per heavy atom. The standard InChI is InChI=1S/C16H21N3O4S/c1-11-2-3-12(24-11)7-19-5-4-16(22,14(20)8-19)9-18-15(21)13-6-17-10-23-13/h2-3,6,10,14,20,22H,4-5,7-9H2,1H3,(H,18,21)/t14-,16-/m1/s1. The number of hydrogen-bond donors (Lipinski definition) is 3. The Kier molecular flexibility index (Phi) is 5.00. The Labute approximate surface area is 143 Å². The lowest BCUT2D eigenvalue weighted by Gasteiger charge is -2.42. The Morgan fingerprint density at radius 1 is 1.58 bits per heavy atom. The van der Waals surface area contributed by atoms with Gasteiger partial charge in [-0.25, -0.2) is 4.98 Å². The molecule has 1 fully saturated rings. The van der Waals surface area contributed by atoms with Crippen LogP contribution >= 0.6 is 11.3 Å². The van der Waals surface area contributed by atoms with E-state index in [0.29, 0.717) is 19.5 Å². The zero-order valence-corrected chi connectivity index (χ0v) is 14.3. The quantitative estimate of drug-likeness (QED) is 0.736. The van der Waals surface area contributed by atoms with Crippen molar-refractivity contribution in [2.75, 3.05) is 19.6 Å². The SMILES string of the molecule is Cc1ccc(CN2CC[C@@](O)(CNC(=O)c3cnco3)[C@H](O)C2)s1. The van der Waals surface area contributed by atoms with Gasteiger partial charge in [0, 0.05) is 35.9 Å². The number of hydrogen-bond acceptors (Lipinski definition) is 7. The molecule has 3 rings (SSSR count). The molecular formula is C16H21N3O4S. The van der Waals surface area contributed by atoms with Crippen LogP contribution in [-0.2, 0) is 6.54 Å². The van der Waals surface area contributed by atoms with E-state index in [4.69, 9.17) is 4.42 Å². The first-order valence-corrected chi connectivity index (χ1v) is 8.63. The monoisotopic (exact) mass is 351 g/mol. The van der Waals surface area contributed by atoms with Crippen molar-refractivity contribution in [2.45, 2.75) is 31.6 Å². The molecule has 0 aromatic carbocycles. The summed E-state index contributed by atoms with van der Waals surface area (Å²) in [5.41, 5.74) is -1.34. The number of rotatable bonds is 5. The molecule has 1 aliphatic heterocycles. The Hall–Kier alpha value is -1.74. The lowest BCUT2D eigenvalue weighted by Crippen LogP contribution is -2.60. The van der Waals surface area contributed by atoms with Gasteiger partial charge in [-0.2, -0.15) is 0 Å². The van der Waals surface area contributed by atoms with Crippen LogP contribution in [0.3, 0.4) is 0 Å². The first-order chi connectivity index (χ1) is 11.5. The lowest BCUT2D eigenvalue weighted by atomic mass is 9.88. The normalized spacial score (nSPS) is 24.9. The fraction of sp³-hybridized carbons (Fsp3) is 0.500. The summed E-state index contributed by atoms with van der Waals surface area (Å²) in [6.45, 7) is 3.82. The smallest absolute Gasteiger partial charge is 0.288 e. The maximum Gasteiger partial charge on any atom is 0.288 e. The summed E-state index contributed by atoms with van der Waals surface area (Å²) >= 11 is 1.74. The third-order valence-corrected chi connectivity index (χ3v) is 5.28. The van der Waals surface area contributed by atoms with E-state index in [1.54, 1.807) is 11.3 Å². The minimum atomic E-state index is -1.34. The number of aliphatic hydroxyl groups excluding tert-OH is 1. The van der Waals surface area contributed by atoms with Crippen LogP contribution in [0, 0.1) is 6.92 Å². The van der Waals surface area contributed by atoms with Gasteiger partial charge in [-0.1, -0.05) is 0 Å². The summed E-state index contributed by atoms with van der Waals surface area (Å²) in [5, 5.41) is 23.6. The number of likely N-dealkylation sites (tertiary alicyclic amines) is 1. The highest BCUT2D eigenvalue weighted by Crippen LogP contribution is 2.25. The molecule has 24 heavy (non-hydrogen) atoms. The van der Waals surface area contributed by atoms with Gasteiger partial charge >= 0.3 is 0 Å². The molecule has 2 atom stereocenters. The number of nitrogens with zero attached hydrogens (tertiary/aromatic N) is 2. The van der Waals surface area contributed by atoms with Crippen LogP contribution in [0.15, 0.2) is 29.1 Å². The lowest BCUT2D eigenvalue weighted by molar-refractivity contribution is -0.116. The molecule has 0 saturated carbocycles. The van der Waals surface area contributed by atoms with Crippen molar-refractivity contribution < 1.29 is 19.4 Å². The number of thiophene rings is 1. The Morgan fingerprint density at radius 2 is 2.42 bits per heavy atom. The Bertz CT molecular complexity index is 687. The topological polar surface area (TPSA) is 98.8 Å². The second-order valence-corrected chi connectivity index (χ2v) is 7.54. The van der Waals surface area contributed by atoms with Crippen molar-refractivity contribution in [3.63, 3.8) is 0 Å². The van der Waals surface area contributed by atoms with Crippen LogP contribution in [0.1, 0.15) is 26.7 Å². The summed E-state index contributed by atoms with van der Waals surface area (Å²) in [6, 6.07) is 4.17. The van der Waals surface area contributed by atoms with Gasteiger partial charge in [0.2, 0.25) is 5.76 Å². The minimum Gasteiger partial charge on any atom is -0.438 e. The van der Waals surface area contributed by atoms with E-state index in [0.717, 1.165) is 6.54 Å². The number of aryl methyl sites for hydroxylation is 1. The number of aromatic nitrogens is 1. The first-order valence-electron chi connectivity index (χ1n) is 7.81. The molecule has 3 heterocycles. The van der Waals surface area contributed by atoms with Crippen molar-refractivity contribution >= 4 is 17.2 Å². The van der Waals surface area contributed by atoms with Gasteiger partial charge in [0.1, 0.15) is 5.60 Å². The zero-order chi connectivity index (χ0) is 17.2. The van der Waals surface area contributed by atoms with Crippen molar-refractivity contribution in [1.82, 2.24) is 15.2 Å². The average molecular weight is 351 g/mol. The van der Waals surface area contributed by atoms with Crippen LogP contribution in [-0.4, -0.2) is 57.3 Å². The second kappa shape index (κ2) is 7.02. The highest BCUT2D eigenvalue weighted by Gasteiger charge is 2.41. The molecule has 7 nitrogen and oxygen atoms in total. The fourth-order valence-corrected chi connectivity index (χ4v) is 3.75. The van der Waals surface area contributed by atoms with Crippen LogP contribution < -0.4 is 5.32 Å². The molecule has 130 valence electrons. The van der Waals surface area contributed by atoms with Crippen LogP contribution in [0.2, 0.25) is 0 Å². The number of piperidine rings is 1. The van der Waals surface area contributed by atoms with E-state index < -0.39 is 17.6 Å². The molecule has 0 spiro atoms. The maximum absolute atomic E-state index is 11.9. The molecule has 0 bridgehead atoms. The van der Waals surface area contributed by atoms with Gasteiger partial charge < -0.3 is 19.9 Å². The van der Waals surface area contributed by atoms with Gasteiger partial charge in [-0.15, -0.1) is 11.3 Å². The third kappa shape index (κ3) is 3.84. The highest BCUT2D eigenvalue weighted by molar-refractivity contribution is 7.11. The van der Waals surface area contributed by atoms with Crippen LogP contribution in [0.25, 0.3) is 0 Å². The van der Waals surface area contributed by atoms with E-state index in [2.05, 4.69) is 34.3 Å². The average Bonchev–Trinajstić information content (AvgIpc) is 3.21. The number of carbonyl (C=O) groups excluding carboxylic acids is 1. The molecule has 3 N–H and O–H groups in total. The molecule has 1 saturated heterocycles. The van der Waals surface area contributed by atoms with E-state index in [1.807, 2.05) is 0 Å². The molecule has 0 radical (unpaired) electrons. The van der Waals surface area contributed by atoms with Crippen LogP contribution in [0.5, 0.6) is 0 Å². The molecule has 0 aliphatic carbocycles. The minimum absolute atomic E-state index is 0.0281.